The number of anilines is 1. The second-order valence-corrected chi connectivity index (χ2v) is 6.54. The first-order chi connectivity index (χ1) is 11.9. The normalized spacial score (nSPS) is 11.6. The number of halogens is 2. The van der Waals surface area contributed by atoms with Crippen molar-refractivity contribution in [1.82, 2.24) is 5.32 Å². The number of carbonyl (C=O) groups excluding carboxylic acids is 2. The monoisotopic (exact) mass is 366 g/mol. The topological polar surface area (TPSA) is 75.3 Å². The molecule has 2 amide bonds. The van der Waals surface area contributed by atoms with Gasteiger partial charge in [0.25, 0.3) is 5.91 Å². The van der Waals surface area contributed by atoms with Gasteiger partial charge in [0.2, 0.25) is 5.91 Å². The molecule has 0 aliphatic carbocycles. The average Bonchev–Trinajstić information content (AvgIpc) is 2.54. The van der Waals surface area contributed by atoms with Gasteiger partial charge in [-0.25, -0.2) is 8.78 Å². The van der Waals surface area contributed by atoms with Crippen LogP contribution in [-0.2, 0) is 15.6 Å². The molecule has 2 rings (SSSR count). The number of nitrogens with one attached hydrogen (secondary N) is 2. The fourth-order valence-corrected chi connectivity index (χ4v) is 2.60. The molecule has 0 saturated heterocycles. The molecule has 0 heterocycles. The van der Waals surface area contributed by atoms with Crippen molar-refractivity contribution >= 4 is 28.3 Å². The Hall–Kier alpha value is -2.61. The molecule has 1 unspecified atom stereocenters. The van der Waals surface area contributed by atoms with E-state index in [1.807, 2.05) is 0 Å². The van der Waals surface area contributed by atoms with Crippen molar-refractivity contribution in [2.24, 2.45) is 0 Å². The molecule has 0 aliphatic heterocycles. The lowest BCUT2D eigenvalue weighted by atomic mass is 10.2. The SMILES string of the molecule is CS(=O)c1cccc(NC(=O)CCNC(=O)c2ccc(F)cc2F)c1. The van der Waals surface area contributed by atoms with Crippen LogP contribution in [0.2, 0.25) is 0 Å². The lowest BCUT2D eigenvalue weighted by Crippen LogP contribution is -2.28. The first-order valence-electron chi connectivity index (χ1n) is 7.33. The number of amides is 2. The molecule has 2 aromatic carbocycles. The highest BCUT2D eigenvalue weighted by Crippen LogP contribution is 2.13. The average molecular weight is 366 g/mol. The molecular formula is C17H16F2N2O3S. The molecule has 1 atom stereocenters. The standard InChI is InChI=1S/C17H16F2N2O3S/c1-25(24)13-4-2-3-12(10-13)21-16(22)7-8-20-17(23)14-6-5-11(18)9-15(14)19/h2-6,9-10H,7-8H2,1H3,(H,20,23)(H,21,22). The summed E-state index contributed by atoms with van der Waals surface area (Å²) in [4.78, 5) is 24.2. The van der Waals surface area contributed by atoms with Crippen molar-refractivity contribution in [1.29, 1.82) is 0 Å². The van der Waals surface area contributed by atoms with Crippen LogP contribution in [0.3, 0.4) is 0 Å². The fourth-order valence-electron chi connectivity index (χ4n) is 2.03. The van der Waals surface area contributed by atoms with E-state index in [9.17, 15) is 22.6 Å². The Morgan fingerprint density at radius 3 is 2.56 bits per heavy atom. The minimum Gasteiger partial charge on any atom is -0.351 e. The molecule has 0 bridgehead atoms. The van der Waals surface area contributed by atoms with E-state index in [4.69, 9.17) is 0 Å². The quantitative estimate of drug-likeness (QED) is 0.825. The summed E-state index contributed by atoms with van der Waals surface area (Å²) in [5.74, 6) is -2.83. The summed E-state index contributed by atoms with van der Waals surface area (Å²) in [6.45, 7) is -0.0130. The van der Waals surface area contributed by atoms with Crippen LogP contribution in [-0.4, -0.2) is 28.8 Å². The van der Waals surface area contributed by atoms with Gasteiger partial charge in [-0.2, -0.15) is 0 Å². The first-order valence-corrected chi connectivity index (χ1v) is 8.89. The number of hydrogen-bond acceptors (Lipinski definition) is 3. The van der Waals surface area contributed by atoms with E-state index >= 15 is 0 Å². The van der Waals surface area contributed by atoms with Gasteiger partial charge in [0, 0.05) is 46.7 Å². The highest BCUT2D eigenvalue weighted by atomic mass is 32.2. The van der Waals surface area contributed by atoms with E-state index in [0.29, 0.717) is 16.6 Å². The Kier molecular flexibility index (Phi) is 6.35. The van der Waals surface area contributed by atoms with Crippen molar-refractivity contribution in [3.8, 4) is 0 Å². The largest absolute Gasteiger partial charge is 0.351 e. The number of benzene rings is 2. The second-order valence-electron chi connectivity index (χ2n) is 5.16. The highest BCUT2D eigenvalue weighted by molar-refractivity contribution is 7.84. The van der Waals surface area contributed by atoms with Gasteiger partial charge in [-0.15, -0.1) is 0 Å². The van der Waals surface area contributed by atoms with Crippen LogP contribution in [0.15, 0.2) is 47.4 Å². The van der Waals surface area contributed by atoms with Gasteiger partial charge in [0.15, 0.2) is 0 Å². The molecule has 0 aromatic heterocycles. The van der Waals surface area contributed by atoms with Gasteiger partial charge in [-0.05, 0) is 30.3 Å². The minimum absolute atomic E-state index is 0.0130. The molecule has 5 nitrogen and oxygen atoms in total. The van der Waals surface area contributed by atoms with Crippen molar-refractivity contribution < 1.29 is 22.6 Å². The number of carbonyl (C=O) groups is 2. The zero-order valence-electron chi connectivity index (χ0n) is 13.3. The van der Waals surface area contributed by atoms with Crippen LogP contribution in [0, 0.1) is 11.6 Å². The third-order valence-electron chi connectivity index (χ3n) is 3.26. The van der Waals surface area contributed by atoms with E-state index in [-0.39, 0.29) is 24.4 Å². The third-order valence-corrected chi connectivity index (χ3v) is 4.18. The Morgan fingerprint density at radius 1 is 1.12 bits per heavy atom. The van der Waals surface area contributed by atoms with Gasteiger partial charge in [-0.1, -0.05) is 6.07 Å². The molecule has 132 valence electrons. The second kappa shape index (κ2) is 8.48. The van der Waals surface area contributed by atoms with Gasteiger partial charge < -0.3 is 10.6 Å². The smallest absolute Gasteiger partial charge is 0.254 e. The van der Waals surface area contributed by atoms with E-state index < -0.39 is 28.3 Å². The zero-order chi connectivity index (χ0) is 18.4. The lowest BCUT2D eigenvalue weighted by Gasteiger charge is -2.08. The fraction of sp³-hybridized carbons (Fsp3) is 0.176. The van der Waals surface area contributed by atoms with Gasteiger partial charge in [0.1, 0.15) is 11.6 Å². The Balaban J connectivity index is 1.85. The minimum atomic E-state index is -1.16. The Morgan fingerprint density at radius 2 is 1.88 bits per heavy atom. The number of hydrogen-bond donors (Lipinski definition) is 2. The molecule has 0 aliphatic rings. The van der Waals surface area contributed by atoms with E-state index in [1.54, 1.807) is 24.3 Å². The maximum absolute atomic E-state index is 13.5. The van der Waals surface area contributed by atoms with E-state index in [2.05, 4.69) is 10.6 Å². The first kappa shape index (κ1) is 18.7. The molecule has 0 spiro atoms. The van der Waals surface area contributed by atoms with Gasteiger partial charge >= 0.3 is 0 Å². The lowest BCUT2D eigenvalue weighted by molar-refractivity contribution is -0.116. The van der Waals surface area contributed by atoms with E-state index in [0.717, 1.165) is 12.1 Å². The summed E-state index contributed by atoms with van der Waals surface area (Å²) in [6.07, 6.45) is 1.50. The van der Waals surface area contributed by atoms with Crippen LogP contribution < -0.4 is 10.6 Å². The molecule has 0 saturated carbocycles. The molecule has 2 aromatic rings. The molecule has 2 N–H and O–H groups in total. The summed E-state index contributed by atoms with van der Waals surface area (Å²) in [5, 5.41) is 5.02. The van der Waals surface area contributed by atoms with Crippen molar-refractivity contribution in [2.45, 2.75) is 11.3 Å². The molecule has 0 radical (unpaired) electrons. The van der Waals surface area contributed by atoms with E-state index in [1.165, 1.54) is 6.26 Å². The van der Waals surface area contributed by atoms with Crippen molar-refractivity contribution in [3.05, 3.63) is 59.7 Å². The molecule has 25 heavy (non-hydrogen) atoms. The zero-order valence-corrected chi connectivity index (χ0v) is 14.2. The van der Waals surface area contributed by atoms with Crippen LogP contribution in [0.4, 0.5) is 14.5 Å². The van der Waals surface area contributed by atoms with Gasteiger partial charge in [-0.3, -0.25) is 13.8 Å². The highest BCUT2D eigenvalue weighted by Gasteiger charge is 2.12. The predicted octanol–water partition coefficient (Wildman–Crippen LogP) is 2.46. The van der Waals surface area contributed by atoms with Crippen molar-refractivity contribution in [2.75, 3.05) is 18.1 Å². The predicted molar refractivity (Wildman–Crippen MR) is 90.7 cm³/mol. The molecular weight excluding hydrogens is 350 g/mol. The molecule has 8 heteroatoms. The Labute approximate surface area is 145 Å². The van der Waals surface area contributed by atoms with Crippen LogP contribution in [0.5, 0.6) is 0 Å². The number of rotatable bonds is 6. The van der Waals surface area contributed by atoms with Crippen LogP contribution >= 0.6 is 0 Å². The Bertz CT molecular complexity index is 827. The summed E-state index contributed by atoms with van der Waals surface area (Å²) >= 11 is 0. The summed E-state index contributed by atoms with van der Waals surface area (Å²) < 4.78 is 37.7. The third kappa shape index (κ3) is 5.46. The maximum atomic E-state index is 13.5. The van der Waals surface area contributed by atoms with Crippen molar-refractivity contribution in [3.63, 3.8) is 0 Å². The maximum Gasteiger partial charge on any atom is 0.254 e. The van der Waals surface area contributed by atoms with Crippen LogP contribution in [0.25, 0.3) is 0 Å². The van der Waals surface area contributed by atoms with Crippen LogP contribution in [0.1, 0.15) is 16.8 Å². The summed E-state index contributed by atoms with van der Waals surface area (Å²) in [5.41, 5.74) is 0.202. The van der Waals surface area contributed by atoms with Gasteiger partial charge in [0.05, 0.1) is 5.56 Å². The molecule has 0 fully saturated rings. The summed E-state index contributed by atoms with van der Waals surface area (Å²) in [6, 6.07) is 9.24. The summed E-state index contributed by atoms with van der Waals surface area (Å²) in [7, 11) is -1.16.